The quantitative estimate of drug-likeness (QED) is 0.884. The highest BCUT2D eigenvalue weighted by molar-refractivity contribution is 5.95. The van der Waals surface area contributed by atoms with Crippen molar-refractivity contribution in [1.82, 2.24) is 10.2 Å². The van der Waals surface area contributed by atoms with Gasteiger partial charge >= 0.3 is 12.1 Å². The third-order valence-corrected chi connectivity index (χ3v) is 2.35. The van der Waals surface area contributed by atoms with Crippen LogP contribution in [0.4, 0.5) is 18.9 Å². The Bertz CT molecular complexity index is 674. The van der Waals surface area contributed by atoms with Gasteiger partial charge in [-0.1, -0.05) is 12.1 Å². The molecule has 1 aromatic carbocycles. The van der Waals surface area contributed by atoms with Crippen LogP contribution >= 0.6 is 0 Å². The summed E-state index contributed by atoms with van der Waals surface area (Å²) >= 11 is 0. The highest BCUT2D eigenvalue weighted by atomic mass is 19.4. The molecule has 0 saturated heterocycles. The summed E-state index contributed by atoms with van der Waals surface area (Å²) in [6.07, 6.45) is -4.95. The van der Waals surface area contributed by atoms with Crippen LogP contribution in [0.1, 0.15) is 0 Å². The molecule has 2 rings (SSSR count). The molecule has 2 N–H and O–H groups in total. The number of hydrogen-bond acceptors (Lipinski definition) is 3. The first-order chi connectivity index (χ1) is 9.36. The fourth-order valence-corrected chi connectivity index (χ4v) is 1.46. The Morgan fingerprint density at radius 3 is 2.55 bits per heavy atom. The average molecular weight is 283 g/mol. The van der Waals surface area contributed by atoms with E-state index in [1.165, 1.54) is 30.3 Å². The van der Waals surface area contributed by atoms with Crippen LogP contribution in [0.2, 0.25) is 0 Å². The van der Waals surface area contributed by atoms with E-state index in [4.69, 9.17) is 0 Å². The number of aromatic nitrogens is 2. The summed E-state index contributed by atoms with van der Waals surface area (Å²) in [6, 6.07) is 8.36. The fourth-order valence-electron chi connectivity index (χ4n) is 1.46. The molecule has 8 heteroatoms. The predicted octanol–water partition coefficient (Wildman–Crippen LogP) is 1.94. The lowest BCUT2D eigenvalue weighted by atomic mass is 10.1. The third kappa shape index (κ3) is 3.22. The molecule has 1 aromatic heterocycles. The van der Waals surface area contributed by atoms with Crippen molar-refractivity contribution in [3.8, 4) is 11.3 Å². The molecule has 0 fully saturated rings. The molecule has 104 valence electrons. The molecule has 0 aliphatic heterocycles. The number of amides is 1. The first-order valence-electron chi connectivity index (χ1n) is 5.40. The van der Waals surface area contributed by atoms with E-state index in [1.807, 2.05) is 0 Å². The van der Waals surface area contributed by atoms with Crippen molar-refractivity contribution >= 4 is 11.6 Å². The molecular formula is C12H8F3N3O2. The maximum atomic E-state index is 12.1. The lowest BCUT2D eigenvalue weighted by Crippen LogP contribution is -2.29. The van der Waals surface area contributed by atoms with Gasteiger partial charge in [0.25, 0.3) is 5.56 Å². The van der Waals surface area contributed by atoms with Gasteiger partial charge < -0.3 is 5.32 Å². The fraction of sp³-hybridized carbons (Fsp3) is 0.0833. The van der Waals surface area contributed by atoms with Crippen molar-refractivity contribution in [3.05, 3.63) is 46.8 Å². The zero-order valence-corrected chi connectivity index (χ0v) is 9.86. The minimum Gasteiger partial charge on any atom is -0.318 e. The maximum Gasteiger partial charge on any atom is 0.471 e. The third-order valence-electron chi connectivity index (χ3n) is 2.35. The van der Waals surface area contributed by atoms with Crippen LogP contribution in [0.15, 0.2) is 41.2 Å². The van der Waals surface area contributed by atoms with Crippen molar-refractivity contribution in [2.75, 3.05) is 5.32 Å². The summed E-state index contributed by atoms with van der Waals surface area (Å²) in [7, 11) is 0. The van der Waals surface area contributed by atoms with Gasteiger partial charge in [-0.15, -0.1) is 0 Å². The second-order valence-electron chi connectivity index (χ2n) is 3.84. The van der Waals surface area contributed by atoms with Crippen LogP contribution in [-0.2, 0) is 4.79 Å². The van der Waals surface area contributed by atoms with E-state index in [9.17, 15) is 22.8 Å². The Labute approximate surface area is 110 Å². The van der Waals surface area contributed by atoms with E-state index >= 15 is 0 Å². The number of nitrogens with one attached hydrogen (secondary N) is 2. The van der Waals surface area contributed by atoms with E-state index < -0.39 is 17.6 Å². The van der Waals surface area contributed by atoms with Gasteiger partial charge in [0.1, 0.15) is 0 Å². The maximum absolute atomic E-state index is 12.1. The van der Waals surface area contributed by atoms with Crippen LogP contribution in [0, 0.1) is 0 Å². The molecule has 0 radical (unpaired) electrons. The number of halogens is 3. The van der Waals surface area contributed by atoms with Crippen LogP contribution in [-0.4, -0.2) is 22.3 Å². The Morgan fingerprint density at radius 2 is 1.95 bits per heavy atom. The molecule has 0 bridgehead atoms. The summed E-state index contributed by atoms with van der Waals surface area (Å²) in [5, 5.41) is 7.69. The molecular weight excluding hydrogens is 275 g/mol. The smallest absolute Gasteiger partial charge is 0.318 e. The van der Waals surface area contributed by atoms with E-state index in [1.54, 1.807) is 11.4 Å². The SMILES string of the molecule is O=C(Nc1cccc(-c2ccc(=O)[nH]n2)c1)C(F)(F)F. The highest BCUT2D eigenvalue weighted by Gasteiger charge is 2.38. The number of H-pyrrole nitrogens is 1. The molecule has 0 spiro atoms. The second-order valence-corrected chi connectivity index (χ2v) is 3.84. The average Bonchev–Trinajstić information content (AvgIpc) is 2.39. The van der Waals surface area contributed by atoms with Crippen molar-refractivity contribution < 1.29 is 18.0 Å². The summed E-state index contributed by atoms with van der Waals surface area (Å²) in [5.41, 5.74) is 0.419. The molecule has 1 heterocycles. The van der Waals surface area contributed by atoms with Gasteiger partial charge in [0.15, 0.2) is 0 Å². The minimum absolute atomic E-state index is 0.0159. The van der Waals surface area contributed by atoms with Gasteiger partial charge in [-0.2, -0.15) is 18.3 Å². The van der Waals surface area contributed by atoms with Crippen LogP contribution in [0.3, 0.4) is 0 Å². The number of alkyl halides is 3. The number of aromatic amines is 1. The zero-order chi connectivity index (χ0) is 14.8. The molecule has 2 aromatic rings. The Kier molecular flexibility index (Phi) is 3.55. The van der Waals surface area contributed by atoms with Gasteiger partial charge in [0, 0.05) is 17.3 Å². The molecule has 0 atom stereocenters. The van der Waals surface area contributed by atoms with Gasteiger partial charge in [-0.3, -0.25) is 9.59 Å². The lowest BCUT2D eigenvalue weighted by Gasteiger charge is -2.09. The number of rotatable bonds is 2. The van der Waals surface area contributed by atoms with Crippen LogP contribution < -0.4 is 10.9 Å². The number of nitrogens with zero attached hydrogens (tertiary/aromatic N) is 1. The summed E-state index contributed by atoms with van der Waals surface area (Å²) in [5.74, 6) is -2.05. The molecule has 1 amide bonds. The van der Waals surface area contributed by atoms with Crippen molar-refractivity contribution in [2.24, 2.45) is 0 Å². The van der Waals surface area contributed by atoms with E-state index in [0.717, 1.165) is 0 Å². The molecule has 0 unspecified atom stereocenters. The second kappa shape index (κ2) is 5.16. The Balaban J connectivity index is 2.26. The van der Waals surface area contributed by atoms with E-state index in [-0.39, 0.29) is 5.69 Å². The highest BCUT2D eigenvalue weighted by Crippen LogP contribution is 2.22. The molecule has 0 aliphatic rings. The molecule has 20 heavy (non-hydrogen) atoms. The monoisotopic (exact) mass is 283 g/mol. The van der Waals surface area contributed by atoms with Gasteiger partial charge in [-0.25, -0.2) is 5.10 Å². The number of carbonyl (C=O) groups excluding carboxylic acids is 1. The molecule has 0 aliphatic carbocycles. The van der Waals surface area contributed by atoms with Gasteiger partial charge in [0.05, 0.1) is 5.69 Å². The van der Waals surface area contributed by atoms with Gasteiger partial charge in [0.2, 0.25) is 0 Å². The largest absolute Gasteiger partial charge is 0.471 e. The summed E-state index contributed by atoms with van der Waals surface area (Å²) < 4.78 is 36.4. The standard InChI is InChI=1S/C12H8F3N3O2/c13-12(14,15)11(20)16-8-3-1-2-7(6-8)9-4-5-10(19)18-17-9/h1-6H,(H,16,20)(H,18,19). The molecule has 0 saturated carbocycles. The van der Waals surface area contributed by atoms with E-state index in [0.29, 0.717) is 11.3 Å². The van der Waals surface area contributed by atoms with Crippen LogP contribution in [0.5, 0.6) is 0 Å². The first kappa shape index (κ1) is 13.8. The molecule has 5 nitrogen and oxygen atoms in total. The summed E-state index contributed by atoms with van der Waals surface area (Å²) in [4.78, 5) is 21.7. The number of anilines is 1. The number of carbonyl (C=O) groups is 1. The normalized spacial score (nSPS) is 11.2. The Morgan fingerprint density at radius 1 is 1.20 bits per heavy atom. The first-order valence-corrected chi connectivity index (χ1v) is 5.40. The van der Waals surface area contributed by atoms with Crippen molar-refractivity contribution in [3.63, 3.8) is 0 Å². The Hall–Kier alpha value is -2.64. The minimum atomic E-state index is -4.95. The summed E-state index contributed by atoms with van der Waals surface area (Å²) in [6.45, 7) is 0. The predicted molar refractivity (Wildman–Crippen MR) is 65.0 cm³/mol. The van der Waals surface area contributed by atoms with Crippen molar-refractivity contribution in [2.45, 2.75) is 6.18 Å². The van der Waals surface area contributed by atoms with Crippen molar-refractivity contribution in [1.29, 1.82) is 0 Å². The number of hydrogen-bond donors (Lipinski definition) is 2. The van der Waals surface area contributed by atoms with Gasteiger partial charge in [-0.05, 0) is 18.2 Å². The lowest BCUT2D eigenvalue weighted by molar-refractivity contribution is -0.167. The van der Waals surface area contributed by atoms with E-state index in [2.05, 4.69) is 10.2 Å². The number of benzene rings is 1. The zero-order valence-electron chi connectivity index (χ0n) is 9.86. The van der Waals surface area contributed by atoms with Crippen LogP contribution in [0.25, 0.3) is 11.3 Å². The topological polar surface area (TPSA) is 74.8 Å².